The summed E-state index contributed by atoms with van der Waals surface area (Å²) in [6.45, 7) is 2.91. The van der Waals surface area contributed by atoms with Gasteiger partial charge in [-0.1, -0.05) is 22.0 Å². The van der Waals surface area contributed by atoms with Gasteiger partial charge in [0.25, 0.3) is 5.91 Å². The second-order valence-corrected chi connectivity index (χ2v) is 7.60. The van der Waals surface area contributed by atoms with Crippen molar-refractivity contribution in [2.45, 2.75) is 6.54 Å². The molecular weight excluding hydrogens is 446 g/mol. The average molecular weight is 463 g/mol. The second kappa shape index (κ2) is 8.34. The Kier molecular flexibility index (Phi) is 5.63. The van der Waals surface area contributed by atoms with Crippen LogP contribution >= 0.6 is 15.9 Å². The minimum Gasteiger partial charge on any atom is -0.336 e. The number of piperazine rings is 1. The maximum atomic E-state index is 13.5. The van der Waals surface area contributed by atoms with Crippen LogP contribution in [0.3, 0.4) is 0 Å². The maximum Gasteiger partial charge on any atom is 0.253 e. The van der Waals surface area contributed by atoms with Gasteiger partial charge in [0.05, 0.1) is 12.2 Å². The molecule has 0 N–H and O–H groups in total. The van der Waals surface area contributed by atoms with Gasteiger partial charge in [-0.3, -0.25) is 9.69 Å². The van der Waals surface area contributed by atoms with E-state index in [9.17, 15) is 13.6 Å². The Labute approximate surface area is 174 Å². The molecule has 0 bridgehead atoms. The quantitative estimate of drug-likeness (QED) is 0.596. The molecule has 0 aliphatic carbocycles. The van der Waals surface area contributed by atoms with Crippen molar-refractivity contribution in [3.8, 4) is 5.69 Å². The van der Waals surface area contributed by atoms with Gasteiger partial charge in [-0.25, -0.2) is 8.78 Å². The van der Waals surface area contributed by atoms with Crippen LogP contribution < -0.4 is 0 Å². The topological polar surface area (TPSA) is 67.2 Å². The lowest BCUT2D eigenvalue weighted by molar-refractivity contribution is 0.0624. The number of carbonyl (C=O) groups excluding carboxylic acids is 1. The van der Waals surface area contributed by atoms with Crippen molar-refractivity contribution in [3.63, 3.8) is 0 Å². The molecule has 0 unspecified atom stereocenters. The molecule has 1 amide bonds. The van der Waals surface area contributed by atoms with Crippen LogP contribution in [0.15, 0.2) is 46.9 Å². The van der Waals surface area contributed by atoms with E-state index in [4.69, 9.17) is 0 Å². The van der Waals surface area contributed by atoms with Crippen LogP contribution in [0.2, 0.25) is 0 Å². The first kappa shape index (κ1) is 19.6. The molecule has 0 radical (unpaired) electrons. The molecule has 29 heavy (non-hydrogen) atoms. The summed E-state index contributed by atoms with van der Waals surface area (Å²) in [7, 11) is 0. The monoisotopic (exact) mass is 462 g/mol. The van der Waals surface area contributed by atoms with E-state index in [1.165, 1.54) is 10.7 Å². The van der Waals surface area contributed by atoms with Crippen molar-refractivity contribution in [2.75, 3.05) is 26.2 Å². The van der Waals surface area contributed by atoms with Crippen LogP contribution in [0.4, 0.5) is 8.78 Å². The van der Waals surface area contributed by atoms with Gasteiger partial charge in [-0.2, -0.15) is 4.68 Å². The van der Waals surface area contributed by atoms with Gasteiger partial charge in [-0.15, -0.1) is 5.10 Å². The number of nitrogens with zero attached hydrogens (tertiary/aromatic N) is 6. The minimum atomic E-state index is -0.955. The molecule has 0 atom stereocenters. The van der Waals surface area contributed by atoms with Crippen molar-refractivity contribution in [1.82, 2.24) is 30.0 Å². The fourth-order valence-electron chi connectivity index (χ4n) is 3.23. The summed E-state index contributed by atoms with van der Waals surface area (Å²) in [6.07, 6.45) is 0. The lowest BCUT2D eigenvalue weighted by Gasteiger charge is -2.34. The van der Waals surface area contributed by atoms with Crippen molar-refractivity contribution >= 4 is 21.8 Å². The molecule has 2 aromatic carbocycles. The number of hydrogen-bond acceptors (Lipinski definition) is 5. The first-order valence-electron chi connectivity index (χ1n) is 9.01. The van der Waals surface area contributed by atoms with E-state index in [1.54, 1.807) is 6.07 Å². The lowest BCUT2D eigenvalue weighted by atomic mass is 10.2. The summed E-state index contributed by atoms with van der Waals surface area (Å²) in [5.74, 6) is -1.36. The second-order valence-electron chi connectivity index (χ2n) is 6.68. The van der Waals surface area contributed by atoms with Crippen molar-refractivity contribution in [2.24, 2.45) is 0 Å². The average Bonchev–Trinajstić information content (AvgIpc) is 3.18. The van der Waals surface area contributed by atoms with Crippen LogP contribution in [-0.2, 0) is 6.54 Å². The predicted molar refractivity (Wildman–Crippen MR) is 104 cm³/mol. The summed E-state index contributed by atoms with van der Waals surface area (Å²) in [5.41, 5.74) is 1.00. The summed E-state index contributed by atoms with van der Waals surface area (Å²) < 4.78 is 29.0. The van der Waals surface area contributed by atoms with Gasteiger partial charge in [-0.05, 0) is 40.8 Å². The molecule has 2 heterocycles. The molecule has 1 fully saturated rings. The van der Waals surface area contributed by atoms with Gasteiger partial charge in [0, 0.05) is 42.3 Å². The molecule has 4 rings (SSSR count). The fraction of sp³-hybridized carbons (Fsp3) is 0.263. The molecule has 3 aromatic rings. The number of carbonyl (C=O) groups is 1. The Hall–Kier alpha value is -2.72. The number of aromatic nitrogens is 4. The van der Waals surface area contributed by atoms with Crippen molar-refractivity contribution < 1.29 is 13.6 Å². The number of tetrazole rings is 1. The first-order chi connectivity index (χ1) is 14.0. The molecule has 1 aliphatic rings. The van der Waals surface area contributed by atoms with E-state index in [0.29, 0.717) is 49.8 Å². The van der Waals surface area contributed by atoms with E-state index >= 15 is 0 Å². The Balaban J connectivity index is 1.40. The van der Waals surface area contributed by atoms with Crippen LogP contribution in [-0.4, -0.2) is 62.1 Å². The van der Waals surface area contributed by atoms with Gasteiger partial charge in [0.2, 0.25) is 0 Å². The van der Waals surface area contributed by atoms with E-state index in [0.717, 1.165) is 16.6 Å². The summed E-state index contributed by atoms with van der Waals surface area (Å²) in [6, 6.07) is 10.9. The zero-order valence-electron chi connectivity index (χ0n) is 15.3. The third-order valence-corrected chi connectivity index (χ3v) is 5.27. The van der Waals surface area contributed by atoms with Crippen LogP contribution in [0.5, 0.6) is 0 Å². The third kappa shape index (κ3) is 4.33. The van der Waals surface area contributed by atoms with E-state index in [1.807, 2.05) is 23.1 Å². The predicted octanol–water partition coefficient (Wildman–Crippen LogP) is 2.66. The first-order valence-corrected chi connectivity index (χ1v) is 9.80. The molecule has 1 aromatic heterocycles. The van der Waals surface area contributed by atoms with E-state index in [2.05, 4.69) is 36.4 Å². The Morgan fingerprint density at radius 1 is 1.03 bits per heavy atom. The molecule has 7 nitrogen and oxygen atoms in total. The van der Waals surface area contributed by atoms with Crippen molar-refractivity contribution in [1.29, 1.82) is 0 Å². The lowest BCUT2D eigenvalue weighted by Crippen LogP contribution is -2.48. The van der Waals surface area contributed by atoms with Crippen LogP contribution in [0.1, 0.15) is 16.2 Å². The highest BCUT2D eigenvalue weighted by molar-refractivity contribution is 9.10. The number of rotatable bonds is 4. The summed E-state index contributed by atoms with van der Waals surface area (Å²) in [4.78, 5) is 16.6. The van der Waals surface area contributed by atoms with Crippen LogP contribution in [0, 0.1) is 11.6 Å². The zero-order valence-corrected chi connectivity index (χ0v) is 16.9. The molecule has 1 saturated heterocycles. The van der Waals surface area contributed by atoms with Crippen LogP contribution in [0.25, 0.3) is 5.69 Å². The SMILES string of the molecule is O=C(c1cccc(Br)c1)N1CCN(Cc2nnnn2-c2ccc(F)c(F)c2)CC1. The normalized spacial score (nSPS) is 14.9. The number of benzene rings is 2. The highest BCUT2D eigenvalue weighted by atomic mass is 79.9. The molecule has 0 spiro atoms. The number of halogens is 3. The minimum absolute atomic E-state index is 0.00225. The smallest absolute Gasteiger partial charge is 0.253 e. The molecular formula is C19H17BrF2N6O. The van der Waals surface area contributed by atoms with E-state index < -0.39 is 11.6 Å². The fourth-order valence-corrected chi connectivity index (χ4v) is 3.63. The molecule has 150 valence electrons. The number of hydrogen-bond donors (Lipinski definition) is 0. The van der Waals surface area contributed by atoms with Gasteiger partial charge in [0.15, 0.2) is 17.5 Å². The standard InChI is InChI=1S/C19H17BrF2N6O/c20-14-3-1-2-13(10-14)19(29)27-8-6-26(7-9-27)12-18-23-24-25-28(18)15-4-5-16(21)17(22)11-15/h1-5,10-11H,6-9,12H2. The molecule has 1 aliphatic heterocycles. The summed E-state index contributed by atoms with van der Waals surface area (Å²) >= 11 is 3.39. The third-order valence-electron chi connectivity index (χ3n) is 4.78. The Morgan fingerprint density at radius 2 is 1.83 bits per heavy atom. The van der Waals surface area contributed by atoms with Gasteiger partial charge >= 0.3 is 0 Å². The summed E-state index contributed by atoms with van der Waals surface area (Å²) in [5, 5.41) is 11.6. The molecule has 10 heteroatoms. The maximum absolute atomic E-state index is 13.5. The van der Waals surface area contributed by atoms with Crippen molar-refractivity contribution in [3.05, 3.63) is 70.0 Å². The van der Waals surface area contributed by atoms with Gasteiger partial charge < -0.3 is 4.90 Å². The Bertz CT molecular complexity index is 1040. The molecule has 0 saturated carbocycles. The highest BCUT2D eigenvalue weighted by Gasteiger charge is 2.24. The van der Waals surface area contributed by atoms with Gasteiger partial charge in [0.1, 0.15) is 0 Å². The zero-order chi connectivity index (χ0) is 20.4. The van der Waals surface area contributed by atoms with E-state index in [-0.39, 0.29) is 5.91 Å². The highest BCUT2D eigenvalue weighted by Crippen LogP contribution is 2.17. The Morgan fingerprint density at radius 3 is 2.55 bits per heavy atom. The number of amides is 1. The largest absolute Gasteiger partial charge is 0.336 e.